The second-order valence-corrected chi connectivity index (χ2v) is 5.99. The van der Waals surface area contributed by atoms with Crippen molar-refractivity contribution in [3.63, 3.8) is 0 Å². The average Bonchev–Trinajstić information content (AvgIpc) is 2.81. The van der Waals surface area contributed by atoms with Crippen molar-refractivity contribution in [2.24, 2.45) is 0 Å². The lowest BCUT2D eigenvalue weighted by molar-refractivity contribution is -0.0214. The maximum Gasteiger partial charge on any atom is 0.0762 e. The lowest BCUT2D eigenvalue weighted by Gasteiger charge is -2.20. The van der Waals surface area contributed by atoms with Gasteiger partial charge in [-0.2, -0.15) is 0 Å². The Morgan fingerprint density at radius 1 is 1.33 bits per heavy atom. The molecule has 3 rings (SSSR count). The minimum atomic E-state index is 0.0571. The van der Waals surface area contributed by atoms with Crippen molar-refractivity contribution in [1.82, 2.24) is 4.57 Å². The van der Waals surface area contributed by atoms with Crippen molar-refractivity contribution >= 4 is 10.9 Å². The lowest BCUT2D eigenvalue weighted by atomic mass is 10.1. The highest BCUT2D eigenvalue weighted by Crippen LogP contribution is 2.31. The van der Waals surface area contributed by atoms with Gasteiger partial charge in [-0.05, 0) is 51.1 Å². The monoisotopic (exact) mass is 243 g/mol. The third-order valence-corrected chi connectivity index (χ3v) is 3.96. The largest absolute Gasteiger partial charge is 0.370 e. The van der Waals surface area contributed by atoms with Gasteiger partial charge < -0.3 is 9.30 Å². The van der Waals surface area contributed by atoms with E-state index in [1.165, 1.54) is 23.0 Å². The van der Waals surface area contributed by atoms with E-state index in [1.807, 2.05) is 0 Å². The van der Waals surface area contributed by atoms with Gasteiger partial charge in [0.2, 0.25) is 0 Å². The fourth-order valence-corrected chi connectivity index (χ4v) is 3.00. The van der Waals surface area contributed by atoms with Crippen molar-refractivity contribution in [1.29, 1.82) is 0 Å². The van der Waals surface area contributed by atoms with Crippen LogP contribution >= 0.6 is 0 Å². The Bertz CT molecular complexity index is 567. The van der Waals surface area contributed by atoms with Crippen molar-refractivity contribution in [2.45, 2.75) is 51.9 Å². The van der Waals surface area contributed by atoms with E-state index in [2.05, 4.69) is 55.7 Å². The van der Waals surface area contributed by atoms with E-state index in [-0.39, 0.29) is 5.60 Å². The number of aryl methyl sites for hydroxylation is 1. The SMILES string of the molecule is Cc1cc2ccccc2n1CC1CCC(C)(C)O1. The number of hydrogen-bond donors (Lipinski definition) is 0. The lowest BCUT2D eigenvalue weighted by Crippen LogP contribution is -2.23. The smallest absolute Gasteiger partial charge is 0.0762 e. The highest BCUT2D eigenvalue weighted by molar-refractivity contribution is 5.81. The topological polar surface area (TPSA) is 14.2 Å². The van der Waals surface area contributed by atoms with Gasteiger partial charge in [-0.1, -0.05) is 18.2 Å². The van der Waals surface area contributed by atoms with Gasteiger partial charge >= 0.3 is 0 Å². The Morgan fingerprint density at radius 2 is 2.11 bits per heavy atom. The highest BCUT2D eigenvalue weighted by Gasteiger charge is 2.31. The van der Waals surface area contributed by atoms with Gasteiger partial charge in [0.15, 0.2) is 0 Å². The summed E-state index contributed by atoms with van der Waals surface area (Å²) in [6.07, 6.45) is 2.68. The van der Waals surface area contributed by atoms with Crippen LogP contribution < -0.4 is 0 Å². The van der Waals surface area contributed by atoms with E-state index < -0.39 is 0 Å². The summed E-state index contributed by atoms with van der Waals surface area (Å²) in [7, 11) is 0. The fourth-order valence-electron chi connectivity index (χ4n) is 3.00. The molecule has 0 amide bonds. The molecule has 1 saturated heterocycles. The molecule has 0 N–H and O–H groups in total. The molecule has 96 valence electrons. The van der Waals surface area contributed by atoms with Crippen LogP contribution in [0.1, 0.15) is 32.4 Å². The molecule has 0 saturated carbocycles. The molecule has 0 aliphatic carbocycles. The minimum Gasteiger partial charge on any atom is -0.370 e. The maximum atomic E-state index is 6.11. The first-order valence-corrected chi connectivity index (χ1v) is 6.78. The third-order valence-electron chi connectivity index (χ3n) is 3.96. The van der Waals surface area contributed by atoms with Crippen molar-refractivity contribution in [3.8, 4) is 0 Å². The van der Waals surface area contributed by atoms with Crippen LogP contribution in [0.3, 0.4) is 0 Å². The van der Waals surface area contributed by atoms with Gasteiger partial charge in [-0.15, -0.1) is 0 Å². The van der Waals surface area contributed by atoms with E-state index in [1.54, 1.807) is 0 Å². The Kier molecular flexibility index (Phi) is 2.70. The maximum absolute atomic E-state index is 6.11. The van der Waals surface area contributed by atoms with Gasteiger partial charge in [0.05, 0.1) is 11.7 Å². The van der Waals surface area contributed by atoms with Crippen molar-refractivity contribution in [2.75, 3.05) is 0 Å². The molecule has 1 fully saturated rings. The number of fused-ring (bicyclic) bond motifs is 1. The Labute approximate surface area is 109 Å². The number of aromatic nitrogens is 1. The molecular weight excluding hydrogens is 222 g/mol. The highest BCUT2D eigenvalue weighted by atomic mass is 16.5. The molecule has 1 aromatic carbocycles. The Balaban J connectivity index is 1.89. The van der Waals surface area contributed by atoms with E-state index in [4.69, 9.17) is 4.74 Å². The number of hydrogen-bond acceptors (Lipinski definition) is 1. The standard InChI is InChI=1S/C16H21NO/c1-12-10-13-6-4-5-7-15(13)17(12)11-14-8-9-16(2,3)18-14/h4-7,10,14H,8-9,11H2,1-3H3. The molecule has 1 aliphatic rings. The zero-order valence-corrected chi connectivity index (χ0v) is 11.4. The number of benzene rings is 1. The molecule has 0 spiro atoms. The van der Waals surface area contributed by atoms with Gasteiger partial charge in [-0.3, -0.25) is 0 Å². The van der Waals surface area contributed by atoms with Crippen molar-refractivity contribution < 1.29 is 4.74 Å². The predicted molar refractivity (Wildman–Crippen MR) is 74.9 cm³/mol. The van der Waals surface area contributed by atoms with Crippen LogP contribution in [0.25, 0.3) is 10.9 Å². The fraction of sp³-hybridized carbons (Fsp3) is 0.500. The third kappa shape index (κ3) is 2.05. The molecule has 2 heteroatoms. The normalized spacial score (nSPS) is 22.7. The van der Waals surface area contributed by atoms with Crippen LogP contribution in [0.15, 0.2) is 30.3 Å². The van der Waals surface area contributed by atoms with Gasteiger partial charge in [0.1, 0.15) is 0 Å². The first kappa shape index (κ1) is 11.8. The van der Waals surface area contributed by atoms with E-state index >= 15 is 0 Å². The average molecular weight is 243 g/mol. The van der Waals surface area contributed by atoms with E-state index in [0.29, 0.717) is 6.10 Å². The summed E-state index contributed by atoms with van der Waals surface area (Å²) in [5.74, 6) is 0. The molecule has 1 aliphatic heterocycles. The molecule has 2 heterocycles. The summed E-state index contributed by atoms with van der Waals surface area (Å²) < 4.78 is 8.50. The van der Waals surface area contributed by atoms with Gasteiger partial charge in [-0.25, -0.2) is 0 Å². The second kappa shape index (κ2) is 4.13. The summed E-state index contributed by atoms with van der Waals surface area (Å²) in [5, 5.41) is 1.33. The number of rotatable bonds is 2. The van der Waals surface area contributed by atoms with E-state index in [9.17, 15) is 0 Å². The van der Waals surface area contributed by atoms with Crippen LogP contribution in [-0.2, 0) is 11.3 Å². The first-order valence-electron chi connectivity index (χ1n) is 6.78. The summed E-state index contributed by atoms with van der Waals surface area (Å²) in [4.78, 5) is 0. The predicted octanol–water partition coefficient (Wildman–Crippen LogP) is 3.91. The summed E-state index contributed by atoms with van der Waals surface area (Å²) in [6, 6.07) is 10.8. The first-order chi connectivity index (χ1) is 8.55. The van der Waals surface area contributed by atoms with E-state index in [0.717, 1.165) is 13.0 Å². The Hall–Kier alpha value is -1.28. The minimum absolute atomic E-state index is 0.0571. The second-order valence-electron chi connectivity index (χ2n) is 5.99. The zero-order chi connectivity index (χ0) is 12.8. The number of para-hydroxylation sites is 1. The summed E-state index contributed by atoms with van der Waals surface area (Å²) in [5.41, 5.74) is 2.70. The van der Waals surface area contributed by atoms with Crippen LogP contribution in [0.5, 0.6) is 0 Å². The van der Waals surface area contributed by atoms with Crippen LogP contribution in [-0.4, -0.2) is 16.3 Å². The van der Waals surface area contributed by atoms with Crippen LogP contribution in [0.4, 0.5) is 0 Å². The summed E-state index contributed by atoms with van der Waals surface area (Å²) >= 11 is 0. The van der Waals surface area contributed by atoms with Gasteiger partial charge in [0, 0.05) is 17.8 Å². The molecular formula is C16H21NO. The van der Waals surface area contributed by atoms with Crippen molar-refractivity contribution in [3.05, 3.63) is 36.0 Å². The molecule has 1 aromatic heterocycles. The molecule has 1 atom stereocenters. The van der Waals surface area contributed by atoms with Crippen LogP contribution in [0, 0.1) is 6.92 Å². The number of ether oxygens (including phenoxy) is 1. The quantitative estimate of drug-likeness (QED) is 0.780. The Morgan fingerprint density at radius 3 is 2.83 bits per heavy atom. The molecule has 1 unspecified atom stereocenters. The van der Waals surface area contributed by atoms with Gasteiger partial charge in [0.25, 0.3) is 0 Å². The zero-order valence-electron chi connectivity index (χ0n) is 11.4. The molecule has 2 aromatic rings. The molecule has 18 heavy (non-hydrogen) atoms. The molecule has 0 radical (unpaired) electrons. The number of nitrogens with zero attached hydrogens (tertiary/aromatic N) is 1. The summed E-state index contributed by atoms with van der Waals surface area (Å²) in [6.45, 7) is 7.53. The van der Waals surface area contributed by atoms with Crippen LogP contribution in [0.2, 0.25) is 0 Å². The molecule has 2 nitrogen and oxygen atoms in total. The molecule has 0 bridgehead atoms.